The normalized spacial score (nSPS) is 14.3. The smallest absolute Gasteiger partial charge is 0.271 e. The number of benzene rings is 2. The van der Waals surface area contributed by atoms with Crippen molar-refractivity contribution in [2.45, 2.75) is 19.3 Å². The van der Waals surface area contributed by atoms with E-state index in [0.29, 0.717) is 11.1 Å². The van der Waals surface area contributed by atoms with E-state index < -0.39 is 4.92 Å². The van der Waals surface area contributed by atoms with Gasteiger partial charge in [0, 0.05) is 46.5 Å². The molecule has 1 N–H and O–H groups in total. The van der Waals surface area contributed by atoms with Crippen molar-refractivity contribution in [3.63, 3.8) is 0 Å². The number of halogens is 1. The standard InChI is InChI=1S/C19H19BrN4O3/c20-16-6-4-14(5-7-16)19(25)22-21-13-15-12-17(24(26)27)8-9-18(15)23-10-2-1-3-11-23/h4-9,12-13H,1-3,10-11H2,(H,22,25)/b21-13-. The Morgan fingerprint density at radius 2 is 1.85 bits per heavy atom. The monoisotopic (exact) mass is 430 g/mol. The van der Waals surface area contributed by atoms with Gasteiger partial charge in [0.25, 0.3) is 11.6 Å². The van der Waals surface area contributed by atoms with Gasteiger partial charge in [-0.05, 0) is 49.6 Å². The minimum Gasteiger partial charge on any atom is -0.371 e. The number of carbonyl (C=O) groups excluding carboxylic acids is 1. The Bertz CT molecular complexity index is 862. The molecular formula is C19H19BrN4O3. The molecule has 2 aromatic carbocycles. The van der Waals surface area contributed by atoms with Gasteiger partial charge in [-0.2, -0.15) is 5.10 Å². The number of hydrazone groups is 1. The Morgan fingerprint density at radius 3 is 2.52 bits per heavy atom. The Kier molecular flexibility index (Phi) is 6.18. The summed E-state index contributed by atoms with van der Waals surface area (Å²) in [5.41, 5.74) is 4.45. The van der Waals surface area contributed by atoms with Crippen molar-refractivity contribution in [2.24, 2.45) is 5.10 Å². The highest BCUT2D eigenvalue weighted by molar-refractivity contribution is 9.10. The number of hydrogen-bond donors (Lipinski definition) is 1. The maximum atomic E-state index is 12.1. The highest BCUT2D eigenvalue weighted by Crippen LogP contribution is 2.26. The summed E-state index contributed by atoms with van der Waals surface area (Å²) in [6, 6.07) is 11.6. The number of nitrogens with one attached hydrogen (secondary N) is 1. The first-order valence-corrected chi connectivity index (χ1v) is 9.46. The van der Waals surface area contributed by atoms with Crippen LogP contribution in [0.4, 0.5) is 11.4 Å². The zero-order chi connectivity index (χ0) is 19.2. The van der Waals surface area contributed by atoms with E-state index in [0.717, 1.165) is 36.1 Å². The fourth-order valence-electron chi connectivity index (χ4n) is 3.01. The number of anilines is 1. The second kappa shape index (κ2) is 8.77. The second-order valence-corrected chi connectivity index (χ2v) is 7.17. The van der Waals surface area contributed by atoms with E-state index in [4.69, 9.17) is 0 Å². The molecule has 3 rings (SSSR count). The number of hydrogen-bond acceptors (Lipinski definition) is 5. The van der Waals surface area contributed by atoms with Gasteiger partial charge >= 0.3 is 0 Å². The second-order valence-electron chi connectivity index (χ2n) is 6.25. The predicted octanol–water partition coefficient (Wildman–Crippen LogP) is 4.11. The molecule has 8 heteroatoms. The number of nitrogens with zero attached hydrogens (tertiary/aromatic N) is 3. The highest BCUT2D eigenvalue weighted by atomic mass is 79.9. The number of amides is 1. The lowest BCUT2D eigenvalue weighted by Gasteiger charge is -2.29. The number of non-ortho nitro benzene ring substituents is 1. The Hall–Kier alpha value is -2.74. The first kappa shape index (κ1) is 19.0. The third-order valence-corrected chi connectivity index (χ3v) is 4.92. The Balaban J connectivity index is 1.79. The van der Waals surface area contributed by atoms with Gasteiger partial charge in [0.1, 0.15) is 0 Å². The van der Waals surface area contributed by atoms with E-state index >= 15 is 0 Å². The molecule has 1 aliphatic rings. The lowest BCUT2D eigenvalue weighted by molar-refractivity contribution is -0.384. The molecule has 0 aromatic heterocycles. The van der Waals surface area contributed by atoms with Crippen molar-refractivity contribution in [3.8, 4) is 0 Å². The molecule has 7 nitrogen and oxygen atoms in total. The van der Waals surface area contributed by atoms with Crippen LogP contribution in [0.15, 0.2) is 52.0 Å². The van der Waals surface area contributed by atoms with Crippen molar-refractivity contribution in [1.82, 2.24) is 5.43 Å². The maximum Gasteiger partial charge on any atom is 0.271 e. The lowest BCUT2D eigenvalue weighted by Crippen LogP contribution is -2.30. The molecule has 0 bridgehead atoms. The molecule has 1 amide bonds. The van der Waals surface area contributed by atoms with Crippen molar-refractivity contribution >= 4 is 39.4 Å². The van der Waals surface area contributed by atoms with Crippen molar-refractivity contribution in [2.75, 3.05) is 18.0 Å². The van der Waals surface area contributed by atoms with E-state index in [1.54, 1.807) is 30.3 Å². The van der Waals surface area contributed by atoms with Crippen LogP contribution in [0.2, 0.25) is 0 Å². The number of nitro groups is 1. The average Bonchev–Trinajstić information content (AvgIpc) is 2.69. The molecule has 0 aliphatic carbocycles. The van der Waals surface area contributed by atoms with E-state index in [1.807, 2.05) is 0 Å². The molecule has 27 heavy (non-hydrogen) atoms. The van der Waals surface area contributed by atoms with Crippen LogP contribution in [0.25, 0.3) is 0 Å². The third kappa shape index (κ3) is 4.91. The first-order chi connectivity index (χ1) is 13.0. The van der Waals surface area contributed by atoms with Gasteiger partial charge in [-0.3, -0.25) is 14.9 Å². The summed E-state index contributed by atoms with van der Waals surface area (Å²) in [6.07, 6.45) is 4.84. The molecule has 1 fully saturated rings. The van der Waals surface area contributed by atoms with E-state index in [2.05, 4.69) is 31.4 Å². The zero-order valence-electron chi connectivity index (χ0n) is 14.6. The van der Waals surface area contributed by atoms with Crippen LogP contribution in [-0.4, -0.2) is 30.1 Å². The Labute approximate surface area is 165 Å². The van der Waals surface area contributed by atoms with Crippen LogP contribution in [0, 0.1) is 10.1 Å². The van der Waals surface area contributed by atoms with Crippen LogP contribution < -0.4 is 10.3 Å². The SMILES string of the molecule is O=C(N/N=C\c1cc([N+](=O)[O-])ccc1N1CCCCC1)c1ccc(Br)cc1. The summed E-state index contributed by atoms with van der Waals surface area (Å²) in [4.78, 5) is 25.0. The van der Waals surface area contributed by atoms with Crippen LogP contribution in [-0.2, 0) is 0 Å². The van der Waals surface area contributed by atoms with E-state index in [1.165, 1.54) is 24.8 Å². The fraction of sp³-hybridized carbons (Fsp3) is 0.263. The van der Waals surface area contributed by atoms with Gasteiger partial charge < -0.3 is 4.90 Å². The summed E-state index contributed by atoms with van der Waals surface area (Å²) in [7, 11) is 0. The van der Waals surface area contributed by atoms with Gasteiger partial charge in [-0.1, -0.05) is 15.9 Å². The molecule has 0 saturated carbocycles. The minimum absolute atomic E-state index is 0.00329. The number of piperidine rings is 1. The van der Waals surface area contributed by atoms with Crippen molar-refractivity contribution in [1.29, 1.82) is 0 Å². The van der Waals surface area contributed by atoms with Crippen LogP contribution >= 0.6 is 15.9 Å². The number of nitro benzene ring substituents is 1. The van der Waals surface area contributed by atoms with Gasteiger partial charge in [-0.15, -0.1) is 0 Å². The zero-order valence-corrected chi connectivity index (χ0v) is 16.2. The fourth-order valence-corrected chi connectivity index (χ4v) is 3.27. The molecule has 0 radical (unpaired) electrons. The summed E-state index contributed by atoms with van der Waals surface area (Å²) in [5.74, 6) is -0.344. The maximum absolute atomic E-state index is 12.1. The molecule has 1 aliphatic heterocycles. The first-order valence-electron chi connectivity index (χ1n) is 8.67. The van der Waals surface area contributed by atoms with E-state index in [-0.39, 0.29) is 11.6 Å². The quantitative estimate of drug-likeness (QED) is 0.439. The molecule has 140 valence electrons. The molecule has 0 spiro atoms. The average molecular weight is 431 g/mol. The lowest BCUT2D eigenvalue weighted by atomic mass is 10.1. The van der Waals surface area contributed by atoms with Crippen molar-refractivity contribution in [3.05, 3.63) is 68.2 Å². The molecule has 0 unspecified atom stereocenters. The predicted molar refractivity (Wildman–Crippen MR) is 108 cm³/mol. The highest BCUT2D eigenvalue weighted by Gasteiger charge is 2.17. The molecular weight excluding hydrogens is 412 g/mol. The van der Waals surface area contributed by atoms with Gasteiger partial charge in [0.2, 0.25) is 0 Å². The van der Waals surface area contributed by atoms with E-state index in [9.17, 15) is 14.9 Å². The van der Waals surface area contributed by atoms with Gasteiger partial charge in [0.15, 0.2) is 0 Å². The molecule has 1 heterocycles. The minimum atomic E-state index is -0.433. The summed E-state index contributed by atoms with van der Waals surface area (Å²) < 4.78 is 0.880. The van der Waals surface area contributed by atoms with Gasteiger partial charge in [0.05, 0.1) is 11.1 Å². The largest absolute Gasteiger partial charge is 0.371 e. The van der Waals surface area contributed by atoms with Crippen molar-refractivity contribution < 1.29 is 9.72 Å². The van der Waals surface area contributed by atoms with Crippen LogP contribution in [0.5, 0.6) is 0 Å². The molecule has 0 atom stereocenters. The summed E-state index contributed by atoms with van der Waals surface area (Å²) in [5, 5.41) is 15.1. The summed E-state index contributed by atoms with van der Waals surface area (Å²) in [6.45, 7) is 1.81. The van der Waals surface area contributed by atoms with Crippen LogP contribution in [0.1, 0.15) is 35.2 Å². The molecule has 2 aromatic rings. The third-order valence-electron chi connectivity index (χ3n) is 4.39. The topological polar surface area (TPSA) is 87.8 Å². The number of carbonyl (C=O) groups is 1. The van der Waals surface area contributed by atoms with Crippen LogP contribution in [0.3, 0.4) is 0 Å². The molecule has 1 saturated heterocycles. The number of rotatable bonds is 5. The summed E-state index contributed by atoms with van der Waals surface area (Å²) >= 11 is 3.32. The van der Waals surface area contributed by atoms with Gasteiger partial charge in [-0.25, -0.2) is 5.43 Å². The Morgan fingerprint density at radius 1 is 1.15 bits per heavy atom.